The molecule has 130 valence electrons. The highest BCUT2D eigenvalue weighted by atomic mass is 16.2. The van der Waals surface area contributed by atoms with E-state index in [1.165, 1.54) is 5.56 Å². The number of piperidine rings is 1. The molecule has 2 amide bonds. The average Bonchev–Trinajstić information content (AvgIpc) is 2.67. The van der Waals surface area contributed by atoms with E-state index in [0.29, 0.717) is 19.6 Å². The first-order chi connectivity index (χ1) is 12.1. The Kier molecular flexibility index (Phi) is 5.49. The van der Waals surface area contributed by atoms with E-state index in [9.17, 15) is 9.59 Å². The van der Waals surface area contributed by atoms with Gasteiger partial charge in [-0.25, -0.2) is 4.79 Å². The van der Waals surface area contributed by atoms with E-state index in [2.05, 4.69) is 5.32 Å². The third-order valence-electron chi connectivity index (χ3n) is 4.90. The number of hydrogen-bond donors (Lipinski definition) is 1. The van der Waals surface area contributed by atoms with Gasteiger partial charge in [0.05, 0.1) is 0 Å². The molecule has 0 aliphatic carbocycles. The zero-order valence-corrected chi connectivity index (χ0v) is 14.6. The molecular weight excluding hydrogens is 312 g/mol. The maximum atomic E-state index is 12.5. The van der Waals surface area contributed by atoms with Crippen LogP contribution in [0.3, 0.4) is 0 Å². The van der Waals surface area contributed by atoms with Crippen LogP contribution in [0.15, 0.2) is 54.6 Å². The Bertz CT molecular complexity index is 735. The number of Topliss-reactive ketones (excluding diaryl/α,β-unsaturated/α-hetero) is 1. The van der Waals surface area contributed by atoms with Crippen molar-refractivity contribution < 1.29 is 9.59 Å². The number of rotatable bonds is 4. The van der Waals surface area contributed by atoms with Gasteiger partial charge in [0.2, 0.25) is 0 Å². The molecule has 4 nitrogen and oxygen atoms in total. The number of nitrogens with one attached hydrogen (secondary N) is 1. The minimum absolute atomic E-state index is 0.0165. The number of aryl methyl sites for hydroxylation is 1. The average molecular weight is 336 g/mol. The molecule has 1 aliphatic rings. The smallest absolute Gasteiger partial charge is 0.317 e. The quantitative estimate of drug-likeness (QED) is 0.864. The topological polar surface area (TPSA) is 49.4 Å². The van der Waals surface area contributed by atoms with Crippen LogP contribution >= 0.6 is 0 Å². The predicted octanol–water partition coefficient (Wildman–Crippen LogP) is 3.80. The van der Waals surface area contributed by atoms with Gasteiger partial charge in [-0.15, -0.1) is 0 Å². The van der Waals surface area contributed by atoms with E-state index >= 15 is 0 Å². The second kappa shape index (κ2) is 7.97. The van der Waals surface area contributed by atoms with Crippen LogP contribution < -0.4 is 5.32 Å². The van der Waals surface area contributed by atoms with Crippen LogP contribution in [0.1, 0.15) is 34.3 Å². The van der Waals surface area contributed by atoms with Crippen LogP contribution in [0.4, 0.5) is 4.79 Å². The number of ketones is 1. The van der Waals surface area contributed by atoms with Crippen LogP contribution in [0.2, 0.25) is 0 Å². The Morgan fingerprint density at radius 1 is 1.00 bits per heavy atom. The first kappa shape index (κ1) is 17.2. The van der Waals surface area contributed by atoms with Crippen molar-refractivity contribution >= 4 is 11.8 Å². The Labute approximate surface area is 148 Å². The molecule has 2 aromatic rings. The molecular formula is C21H24N2O2. The molecule has 0 radical (unpaired) electrons. The van der Waals surface area contributed by atoms with Gasteiger partial charge in [-0.2, -0.15) is 0 Å². The maximum Gasteiger partial charge on any atom is 0.317 e. The molecule has 1 heterocycles. The van der Waals surface area contributed by atoms with Crippen molar-refractivity contribution in [2.24, 2.45) is 5.92 Å². The summed E-state index contributed by atoms with van der Waals surface area (Å²) in [6.07, 6.45) is 1.46. The van der Waals surface area contributed by atoms with E-state index < -0.39 is 0 Å². The summed E-state index contributed by atoms with van der Waals surface area (Å²) in [4.78, 5) is 26.7. The third-order valence-corrected chi connectivity index (χ3v) is 4.90. The molecule has 1 saturated heterocycles. The summed E-state index contributed by atoms with van der Waals surface area (Å²) < 4.78 is 0. The fourth-order valence-electron chi connectivity index (χ4n) is 3.27. The minimum atomic E-state index is -0.0473. The standard InChI is InChI=1S/C21H24N2O2/c1-16-7-5-6-10-19(16)15-22-21(25)23-13-11-18(12-14-23)20(24)17-8-3-2-4-9-17/h2-10,18H,11-15H2,1H3,(H,22,25). The number of amides is 2. The number of carbonyl (C=O) groups is 2. The fourth-order valence-corrected chi connectivity index (χ4v) is 3.27. The molecule has 0 aromatic heterocycles. The van der Waals surface area contributed by atoms with E-state index in [-0.39, 0.29) is 17.7 Å². The van der Waals surface area contributed by atoms with Crippen molar-refractivity contribution in [1.29, 1.82) is 0 Å². The summed E-state index contributed by atoms with van der Waals surface area (Å²) in [5, 5.41) is 2.99. The zero-order valence-electron chi connectivity index (χ0n) is 14.6. The van der Waals surface area contributed by atoms with Gasteiger partial charge in [0.25, 0.3) is 0 Å². The molecule has 3 rings (SSSR count). The van der Waals surface area contributed by atoms with Gasteiger partial charge in [0, 0.05) is 31.1 Å². The van der Waals surface area contributed by atoms with Gasteiger partial charge in [-0.1, -0.05) is 54.6 Å². The van der Waals surface area contributed by atoms with Crippen molar-refractivity contribution in [3.8, 4) is 0 Å². The van der Waals surface area contributed by atoms with E-state index in [4.69, 9.17) is 0 Å². The lowest BCUT2D eigenvalue weighted by Crippen LogP contribution is -2.45. The zero-order chi connectivity index (χ0) is 17.6. The van der Waals surface area contributed by atoms with Gasteiger partial charge in [0.1, 0.15) is 0 Å². The summed E-state index contributed by atoms with van der Waals surface area (Å²) in [6, 6.07) is 17.4. The van der Waals surface area contributed by atoms with Crippen LogP contribution in [-0.2, 0) is 6.54 Å². The first-order valence-electron chi connectivity index (χ1n) is 8.81. The number of urea groups is 1. The largest absolute Gasteiger partial charge is 0.334 e. The minimum Gasteiger partial charge on any atom is -0.334 e. The Hall–Kier alpha value is -2.62. The molecule has 25 heavy (non-hydrogen) atoms. The number of hydrogen-bond acceptors (Lipinski definition) is 2. The molecule has 0 unspecified atom stereocenters. The molecule has 4 heteroatoms. The molecule has 1 aliphatic heterocycles. The van der Waals surface area contributed by atoms with Gasteiger partial charge < -0.3 is 10.2 Å². The fraction of sp³-hybridized carbons (Fsp3) is 0.333. The molecule has 2 aromatic carbocycles. The second-order valence-corrected chi connectivity index (χ2v) is 6.58. The summed E-state index contributed by atoms with van der Waals surface area (Å²) in [6.45, 7) is 3.84. The molecule has 0 spiro atoms. The summed E-state index contributed by atoms with van der Waals surface area (Å²) in [5.41, 5.74) is 3.07. The van der Waals surface area contributed by atoms with E-state index in [1.54, 1.807) is 0 Å². The number of nitrogens with zero attached hydrogens (tertiary/aromatic N) is 1. The summed E-state index contributed by atoms with van der Waals surface area (Å²) in [7, 11) is 0. The Morgan fingerprint density at radius 2 is 1.64 bits per heavy atom. The monoisotopic (exact) mass is 336 g/mol. The molecule has 1 fully saturated rings. The summed E-state index contributed by atoms with van der Waals surface area (Å²) >= 11 is 0. The molecule has 1 N–H and O–H groups in total. The Balaban J connectivity index is 1.49. The van der Waals surface area contributed by atoms with Crippen LogP contribution in [0.5, 0.6) is 0 Å². The lowest BCUT2D eigenvalue weighted by atomic mass is 9.89. The van der Waals surface area contributed by atoms with Crippen molar-refractivity contribution in [3.63, 3.8) is 0 Å². The first-order valence-corrected chi connectivity index (χ1v) is 8.81. The summed E-state index contributed by atoms with van der Waals surface area (Å²) in [5.74, 6) is 0.211. The third kappa shape index (κ3) is 4.27. The maximum absolute atomic E-state index is 12.5. The lowest BCUT2D eigenvalue weighted by Gasteiger charge is -2.31. The normalized spacial score (nSPS) is 15.0. The number of likely N-dealkylation sites (tertiary alicyclic amines) is 1. The highest BCUT2D eigenvalue weighted by Gasteiger charge is 2.27. The number of benzene rings is 2. The molecule has 0 atom stereocenters. The van der Waals surface area contributed by atoms with Gasteiger partial charge in [0.15, 0.2) is 5.78 Å². The van der Waals surface area contributed by atoms with Crippen LogP contribution in [0.25, 0.3) is 0 Å². The van der Waals surface area contributed by atoms with E-state index in [0.717, 1.165) is 24.0 Å². The molecule has 0 saturated carbocycles. The van der Waals surface area contributed by atoms with Crippen molar-refractivity contribution in [2.75, 3.05) is 13.1 Å². The van der Waals surface area contributed by atoms with Crippen molar-refractivity contribution in [2.45, 2.75) is 26.3 Å². The highest BCUT2D eigenvalue weighted by molar-refractivity contribution is 5.97. The van der Waals surface area contributed by atoms with Crippen LogP contribution in [-0.4, -0.2) is 29.8 Å². The number of carbonyl (C=O) groups excluding carboxylic acids is 2. The highest BCUT2D eigenvalue weighted by Crippen LogP contribution is 2.22. The Morgan fingerprint density at radius 3 is 2.32 bits per heavy atom. The van der Waals surface area contributed by atoms with Gasteiger partial charge in [-0.3, -0.25) is 4.79 Å². The SMILES string of the molecule is Cc1ccccc1CNC(=O)N1CCC(C(=O)c2ccccc2)CC1. The van der Waals surface area contributed by atoms with Gasteiger partial charge >= 0.3 is 6.03 Å². The predicted molar refractivity (Wildman–Crippen MR) is 98.5 cm³/mol. The van der Waals surface area contributed by atoms with Crippen molar-refractivity contribution in [1.82, 2.24) is 10.2 Å². The van der Waals surface area contributed by atoms with Gasteiger partial charge in [-0.05, 0) is 30.9 Å². The molecule has 0 bridgehead atoms. The lowest BCUT2D eigenvalue weighted by molar-refractivity contribution is 0.0854. The van der Waals surface area contributed by atoms with Crippen LogP contribution in [0, 0.1) is 12.8 Å². The van der Waals surface area contributed by atoms with E-state index in [1.807, 2.05) is 66.4 Å². The van der Waals surface area contributed by atoms with Crippen molar-refractivity contribution in [3.05, 3.63) is 71.3 Å². The second-order valence-electron chi connectivity index (χ2n) is 6.58.